The van der Waals surface area contributed by atoms with Gasteiger partial charge in [-0.05, 0) is 27.7 Å². The molecule has 0 aromatic carbocycles. The third kappa shape index (κ3) is 3.40. The molecule has 0 rings (SSSR count). The van der Waals surface area contributed by atoms with E-state index in [1.807, 2.05) is 25.9 Å². The van der Waals surface area contributed by atoms with Crippen molar-refractivity contribution in [1.82, 2.24) is 4.90 Å². The van der Waals surface area contributed by atoms with Crippen molar-refractivity contribution in [3.8, 4) is 0 Å². The third-order valence-electron chi connectivity index (χ3n) is 2.11. The first-order chi connectivity index (χ1) is 5.91. The van der Waals surface area contributed by atoms with Crippen LogP contribution in [-0.2, 0) is 0 Å². The molecule has 0 spiro atoms. The van der Waals surface area contributed by atoms with Gasteiger partial charge in [0.15, 0.2) is 0 Å². The molecule has 0 fully saturated rings. The lowest BCUT2D eigenvalue weighted by Gasteiger charge is -2.31. The maximum Gasteiger partial charge on any atom is 0.118 e. The van der Waals surface area contributed by atoms with Gasteiger partial charge >= 0.3 is 0 Å². The lowest BCUT2D eigenvalue weighted by Crippen LogP contribution is -2.59. The summed E-state index contributed by atoms with van der Waals surface area (Å²) in [6, 6.07) is -0.690. The molecule has 0 aliphatic carbocycles. The van der Waals surface area contributed by atoms with Gasteiger partial charge in [0.2, 0.25) is 0 Å². The van der Waals surface area contributed by atoms with Gasteiger partial charge in [-0.25, -0.2) is 0 Å². The number of likely N-dealkylation sites (N-methyl/N-ethyl adjacent to an activating group) is 1. The van der Waals surface area contributed by atoms with Crippen molar-refractivity contribution in [2.24, 2.45) is 22.2 Å². The Bertz CT molecular complexity index is 157. The second kappa shape index (κ2) is 5.29. The van der Waals surface area contributed by atoms with Gasteiger partial charge < -0.3 is 17.2 Å². The van der Waals surface area contributed by atoms with Crippen molar-refractivity contribution in [2.75, 3.05) is 14.1 Å². The Morgan fingerprint density at radius 3 is 1.85 bits per heavy atom. The highest BCUT2D eigenvalue weighted by Crippen LogP contribution is 2.04. The first-order valence-corrected chi connectivity index (χ1v) is 4.30. The zero-order valence-corrected chi connectivity index (χ0v) is 8.64. The van der Waals surface area contributed by atoms with Gasteiger partial charge in [0.25, 0.3) is 0 Å². The molecular formula is C8H21N5. The Morgan fingerprint density at radius 1 is 1.15 bits per heavy atom. The minimum absolute atomic E-state index is 0.140. The Labute approximate surface area is 80.0 Å². The smallest absolute Gasteiger partial charge is 0.118 e. The van der Waals surface area contributed by atoms with E-state index in [0.717, 1.165) is 0 Å². The average molecular weight is 187 g/mol. The fourth-order valence-corrected chi connectivity index (χ4v) is 1.18. The molecule has 0 saturated heterocycles. The van der Waals surface area contributed by atoms with Crippen molar-refractivity contribution in [1.29, 1.82) is 0 Å². The van der Waals surface area contributed by atoms with Crippen LogP contribution >= 0.6 is 0 Å². The highest BCUT2D eigenvalue weighted by molar-refractivity contribution is 5.24. The molecule has 0 aliphatic heterocycles. The van der Waals surface area contributed by atoms with Gasteiger partial charge in [0.1, 0.15) is 6.17 Å². The van der Waals surface area contributed by atoms with Crippen LogP contribution in [0.2, 0.25) is 0 Å². The summed E-state index contributed by atoms with van der Waals surface area (Å²) in [5.74, 6) is 0. The average Bonchev–Trinajstić information content (AvgIpc) is 2.03. The molecule has 78 valence electrons. The summed E-state index contributed by atoms with van der Waals surface area (Å²) in [4.78, 5) is 5.78. The zero-order valence-electron chi connectivity index (χ0n) is 8.64. The first kappa shape index (κ1) is 12.5. The topological polar surface area (TPSA) is 93.7 Å². The van der Waals surface area contributed by atoms with Crippen LogP contribution in [0.1, 0.15) is 6.92 Å². The van der Waals surface area contributed by atoms with E-state index in [0.29, 0.717) is 0 Å². The van der Waals surface area contributed by atoms with E-state index in [2.05, 4.69) is 11.7 Å². The van der Waals surface area contributed by atoms with Crippen molar-refractivity contribution in [2.45, 2.75) is 31.2 Å². The largest absolute Gasteiger partial charge is 0.326 e. The molecule has 0 aromatic rings. The quantitative estimate of drug-likeness (QED) is 0.460. The number of rotatable bonds is 5. The van der Waals surface area contributed by atoms with Crippen molar-refractivity contribution in [3.63, 3.8) is 0 Å². The minimum atomic E-state index is -0.285. The van der Waals surface area contributed by atoms with Crippen LogP contribution in [0.25, 0.3) is 0 Å². The van der Waals surface area contributed by atoms with E-state index in [1.165, 1.54) is 0 Å². The van der Waals surface area contributed by atoms with E-state index < -0.39 is 0 Å². The molecule has 0 amide bonds. The third-order valence-corrected chi connectivity index (χ3v) is 2.11. The molecule has 5 nitrogen and oxygen atoms in total. The molecule has 0 aliphatic rings. The minimum Gasteiger partial charge on any atom is -0.326 e. The molecule has 6 N–H and O–H groups in total. The highest BCUT2D eigenvalue weighted by atomic mass is 15.2. The lowest BCUT2D eigenvalue weighted by molar-refractivity contribution is 0.235. The molecule has 4 unspecified atom stereocenters. The summed E-state index contributed by atoms with van der Waals surface area (Å²) in [6.07, 6.45) is -0.180. The Balaban J connectivity index is 4.36. The van der Waals surface area contributed by atoms with Crippen LogP contribution in [0.15, 0.2) is 4.99 Å². The van der Waals surface area contributed by atoms with Gasteiger partial charge in [0, 0.05) is 12.1 Å². The molecule has 0 bridgehead atoms. The molecule has 0 saturated carbocycles. The number of hydrogen-bond donors (Lipinski definition) is 3. The Kier molecular flexibility index (Phi) is 5.09. The number of nitrogens with zero attached hydrogens (tertiary/aromatic N) is 2. The second-order valence-corrected chi connectivity index (χ2v) is 3.57. The predicted octanol–water partition coefficient (Wildman–Crippen LogP) is -1.42. The molecule has 5 heteroatoms. The summed E-state index contributed by atoms with van der Waals surface area (Å²) >= 11 is 0. The van der Waals surface area contributed by atoms with Crippen LogP contribution in [-0.4, -0.2) is 50.0 Å². The molecule has 0 heterocycles. The highest BCUT2D eigenvalue weighted by Gasteiger charge is 2.26. The summed E-state index contributed by atoms with van der Waals surface area (Å²) < 4.78 is 0. The van der Waals surface area contributed by atoms with Crippen LogP contribution in [0, 0.1) is 0 Å². The lowest BCUT2D eigenvalue weighted by atomic mass is 10.0. The molecule has 0 aromatic heterocycles. The van der Waals surface area contributed by atoms with E-state index in [-0.39, 0.29) is 24.3 Å². The van der Waals surface area contributed by atoms with E-state index in [4.69, 9.17) is 17.2 Å². The van der Waals surface area contributed by atoms with Crippen LogP contribution in [0.4, 0.5) is 0 Å². The zero-order chi connectivity index (χ0) is 10.6. The Hall–Kier alpha value is -0.490. The fraction of sp³-hybridized carbons (Fsp3) is 0.875. The van der Waals surface area contributed by atoms with Gasteiger partial charge in [-0.2, -0.15) is 0 Å². The monoisotopic (exact) mass is 187 g/mol. The maximum absolute atomic E-state index is 5.89. The van der Waals surface area contributed by atoms with E-state index in [9.17, 15) is 0 Å². The van der Waals surface area contributed by atoms with Crippen LogP contribution in [0.5, 0.6) is 0 Å². The van der Waals surface area contributed by atoms with Crippen LogP contribution in [0.3, 0.4) is 0 Å². The van der Waals surface area contributed by atoms with Crippen LogP contribution < -0.4 is 17.2 Å². The van der Waals surface area contributed by atoms with Gasteiger partial charge in [0.05, 0.1) is 6.04 Å². The fourth-order valence-electron chi connectivity index (χ4n) is 1.18. The van der Waals surface area contributed by atoms with Crippen molar-refractivity contribution in [3.05, 3.63) is 0 Å². The summed E-state index contributed by atoms with van der Waals surface area (Å²) in [6.45, 7) is 5.31. The molecule has 0 radical (unpaired) electrons. The second-order valence-electron chi connectivity index (χ2n) is 3.57. The first-order valence-electron chi connectivity index (χ1n) is 4.30. The summed E-state index contributed by atoms with van der Waals surface area (Å²) in [5, 5.41) is 0. The normalized spacial score (nSPS) is 20.8. The van der Waals surface area contributed by atoms with E-state index in [1.54, 1.807) is 0 Å². The number of hydrogen-bond acceptors (Lipinski definition) is 5. The molecule has 4 atom stereocenters. The summed E-state index contributed by atoms with van der Waals surface area (Å²) in [7, 11) is 3.76. The van der Waals surface area contributed by atoms with E-state index >= 15 is 0 Å². The Morgan fingerprint density at radius 2 is 1.62 bits per heavy atom. The van der Waals surface area contributed by atoms with Gasteiger partial charge in [-0.15, -0.1) is 0 Å². The number of aliphatic imine (C=N–C) groups is 1. The summed E-state index contributed by atoms with van der Waals surface area (Å²) in [5.41, 5.74) is 17.3. The standard InChI is InChI=1S/C8H21N5/c1-5(9)6(10)7(11)8(12-2)13(3)4/h5-8H,2,9-11H2,1,3-4H3. The molecule has 13 heavy (non-hydrogen) atoms. The van der Waals surface area contributed by atoms with Gasteiger partial charge in [-0.3, -0.25) is 9.89 Å². The van der Waals surface area contributed by atoms with Crippen molar-refractivity contribution < 1.29 is 0 Å². The SMILES string of the molecule is C=NC(C(N)C(N)C(C)N)N(C)C. The predicted molar refractivity (Wildman–Crippen MR) is 56.6 cm³/mol. The maximum atomic E-state index is 5.89. The van der Waals surface area contributed by atoms with Gasteiger partial charge in [-0.1, -0.05) is 0 Å². The number of nitrogens with two attached hydrogens (primary N) is 3. The van der Waals surface area contributed by atoms with Crippen molar-refractivity contribution >= 4 is 6.72 Å². The molecular weight excluding hydrogens is 166 g/mol.